The van der Waals surface area contributed by atoms with E-state index in [1.165, 1.54) is 25.5 Å². The van der Waals surface area contributed by atoms with Crippen molar-refractivity contribution >= 4 is 11.5 Å². The highest BCUT2D eigenvalue weighted by molar-refractivity contribution is 5.62. The first kappa shape index (κ1) is 10.7. The molecule has 0 atom stereocenters. The zero-order chi connectivity index (χ0) is 11.4. The van der Waals surface area contributed by atoms with Crippen molar-refractivity contribution in [3.63, 3.8) is 0 Å². The largest absolute Gasteiger partial charge is 0.396 e. The SMILES string of the molecule is N#Cc1cnc(NN2CCCCC2)c(N)c1. The van der Waals surface area contributed by atoms with E-state index >= 15 is 0 Å². The maximum absolute atomic E-state index is 8.70. The van der Waals surface area contributed by atoms with Gasteiger partial charge in [-0.3, -0.25) is 0 Å². The lowest BCUT2D eigenvalue weighted by molar-refractivity contribution is 0.272. The standard InChI is InChI=1S/C11H15N5/c12-7-9-6-10(13)11(14-8-9)15-16-4-2-1-3-5-16/h6,8H,1-5,13H2,(H,14,15). The molecule has 1 aromatic heterocycles. The molecular formula is C11H15N5. The number of hydrogen-bond acceptors (Lipinski definition) is 5. The third-order valence-electron chi connectivity index (χ3n) is 2.67. The fraction of sp³-hybridized carbons (Fsp3) is 0.455. The van der Waals surface area contributed by atoms with Crippen LogP contribution in [0.1, 0.15) is 24.8 Å². The van der Waals surface area contributed by atoms with E-state index in [0.717, 1.165) is 13.1 Å². The zero-order valence-electron chi connectivity index (χ0n) is 9.11. The minimum absolute atomic E-state index is 0.488. The highest BCUT2D eigenvalue weighted by atomic mass is 15.5. The average molecular weight is 217 g/mol. The summed E-state index contributed by atoms with van der Waals surface area (Å²) in [4.78, 5) is 4.14. The van der Waals surface area contributed by atoms with Gasteiger partial charge in [0.25, 0.3) is 0 Å². The Morgan fingerprint density at radius 1 is 1.38 bits per heavy atom. The Kier molecular flexibility index (Phi) is 3.22. The number of hydrazine groups is 1. The molecule has 1 aliphatic heterocycles. The van der Waals surface area contributed by atoms with Gasteiger partial charge >= 0.3 is 0 Å². The molecule has 0 aliphatic carbocycles. The van der Waals surface area contributed by atoms with Gasteiger partial charge in [-0.2, -0.15) is 5.26 Å². The normalized spacial score (nSPS) is 16.7. The molecule has 0 spiro atoms. The summed E-state index contributed by atoms with van der Waals surface area (Å²) in [5.74, 6) is 0.640. The van der Waals surface area contributed by atoms with Gasteiger partial charge in [-0.1, -0.05) is 6.42 Å². The van der Waals surface area contributed by atoms with Gasteiger partial charge < -0.3 is 11.2 Å². The van der Waals surface area contributed by atoms with Gasteiger partial charge in [-0.25, -0.2) is 9.99 Å². The summed E-state index contributed by atoms with van der Waals surface area (Å²) >= 11 is 0. The molecule has 0 amide bonds. The predicted molar refractivity (Wildman–Crippen MR) is 62.4 cm³/mol. The van der Waals surface area contributed by atoms with Crippen molar-refractivity contribution in [3.8, 4) is 6.07 Å². The van der Waals surface area contributed by atoms with E-state index in [-0.39, 0.29) is 0 Å². The van der Waals surface area contributed by atoms with E-state index in [4.69, 9.17) is 11.0 Å². The van der Waals surface area contributed by atoms with Crippen LogP contribution in [0.4, 0.5) is 11.5 Å². The first-order valence-electron chi connectivity index (χ1n) is 5.47. The van der Waals surface area contributed by atoms with Crippen LogP contribution in [-0.2, 0) is 0 Å². The molecule has 2 heterocycles. The summed E-state index contributed by atoms with van der Waals surface area (Å²) in [6.07, 6.45) is 5.21. The summed E-state index contributed by atoms with van der Waals surface area (Å²) in [6.45, 7) is 2.03. The molecule has 0 unspecified atom stereocenters. The van der Waals surface area contributed by atoms with Gasteiger partial charge in [0, 0.05) is 19.3 Å². The number of nitrogens with one attached hydrogen (secondary N) is 1. The molecule has 84 valence electrons. The van der Waals surface area contributed by atoms with E-state index in [0.29, 0.717) is 17.1 Å². The number of aromatic nitrogens is 1. The van der Waals surface area contributed by atoms with Crippen molar-refractivity contribution in [2.75, 3.05) is 24.2 Å². The molecule has 0 bridgehead atoms. The van der Waals surface area contributed by atoms with Gasteiger partial charge in [-0.05, 0) is 18.9 Å². The molecule has 0 aromatic carbocycles. The van der Waals surface area contributed by atoms with Gasteiger partial charge in [-0.15, -0.1) is 0 Å². The van der Waals surface area contributed by atoms with Gasteiger partial charge in [0.15, 0.2) is 5.82 Å². The van der Waals surface area contributed by atoms with E-state index in [9.17, 15) is 0 Å². The van der Waals surface area contributed by atoms with E-state index in [1.807, 2.05) is 6.07 Å². The summed E-state index contributed by atoms with van der Waals surface area (Å²) in [6, 6.07) is 3.65. The van der Waals surface area contributed by atoms with Crippen LogP contribution in [0.25, 0.3) is 0 Å². The fourth-order valence-electron chi connectivity index (χ4n) is 1.79. The van der Waals surface area contributed by atoms with Crippen molar-refractivity contribution in [3.05, 3.63) is 17.8 Å². The summed E-state index contributed by atoms with van der Waals surface area (Å²) in [5.41, 5.74) is 10.0. The van der Waals surface area contributed by atoms with Crippen LogP contribution in [0.2, 0.25) is 0 Å². The molecule has 0 saturated carbocycles. The second-order valence-electron chi connectivity index (χ2n) is 3.93. The summed E-state index contributed by atoms with van der Waals surface area (Å²) in [7, 11) is 0. The van der Waals surface area contributed by atoms with Crippen LogP contribution in [-0.4, -0.2) is 23.1 Å². The smallest absolute Gasteiger partial charge is 0.163 e. The maximum Gasteiger partial charge on any atom is 0.163 e. The third-order valence-corrected chi connectivity index (χ3v) is 2.67. The number of anilines is 2. The average Bonchev–Trinajstić information content (AvgIpc) is 2.33. The number of nitrogens with zero attached hydrogens (tertiary/aromatic N) is 3. The van der Waals surface area contributed by atoms with Crippen molar-refractivity contribution in [1.82, 2.24) is 9.99 Å². The minimum atomic E-state index is 0.488. The highest BCUT2D eigenvalue weighted by Gasteiger charge is 2.11. The zero-order valence-corrected chi connectivity index (χ0v) is 9.11. The second kappa shape index (κ2) is 4.81. The first-order valence-corrected chi connectivity index (χ1v) is 5.47. The lowest BCUT2D eigenvalue weighted by atomic mass is 10.2. The maximum atomic E-state index is 8.70. The number of piperidine rings is 1. The molecule has 0 radical (unpaired) electrons. The summed E-state index contributed by atoms with van der Waals surface area (Å²) < 4.78 is 0. The molecule has 5 nitrogen and oxygen atoms in total. The molecule has 1 aliphatic rings. The first-order chi connectivity index (χ1) is 7.79. The van der Waals surface area contributed by atoms with Gasteiger partial charge in [0.1, 0.15) is 6.07 Å². The van der Waals surface area contributed by atoms with E-state index in [2.05, 4.69) is 15.4 Å². The Balaban J connectivity index is 2.06. The predicted octanol–water partition coefficient (Wildman–Crippen LogP) is 1.35. The molecule has 2 rings (SSSR count). The van der Waals surface area contributed by atoms with Crippen LogP contribution in [0.15, 0.2) is 12.3 Å². The van der Waals surface area contributed by atoms with Crippen molar-refractivity contribution in [2.45, 2.75) is 19.3 Å². The highest BCUT2D eigenvalue weighted by Crippen LogP contribution is 2.18. The number of pyridine rings is 1. The van der Waals surface area contributed by atoms with Crippen LogP contribution in [0, 0.1) is 11.3 Å². The van der Waals surface area contributed by atoms with Crippen LogP contribution in [0.3, 0.4) is 0 Å². The number of nitrogens with two attached hydrogens (primary N) is 1. The quantitative estimate of drug-likeness (QED) is 0.781. The lowest BCUT2D eigenvalue weighted by Gasteiger charge is -2.27. The van der Waals surface area contributed by atoms with Crippen molar-refractivity contribution < 1.29 is 0 Å². The number of nitrogen functional groups attached to an aromatic ring is 1. The Bertz CT molecular complexity index is 403. The van der Waals surface area contributed by atoms with Crippen molar-refractivity contribution in [2.24, 2.45) is 0 Å². The monoisotopic (exact) mass is 217 g/mol. The molecule has 5 heteroatoms. The minimum Gasteiger partial charge on any atom is -0.396 e. The fourth-order valence-corrected chi connectivity index (χ4v) is 1.79. The van der Waals surface area contributed by atoms with Crippen LogP contribution >= 0.6 is 0 Å². The van der Waals surface area contributed by atoms with E-state index in [1.54, 1.807) is 6.07 Å². The number of hydrogen-bond donors (Lipinski definition) is 2. The van der Waals surface area contributed by atoms with Crippen LogP contribution in [0.5, 0.6) is 0 Å². The van der Waals surface area contributed by atoms with Gasteiger partial charge in [0.05, 0.1) is 11.3 Å². The Hall–Kier alpha value is -1.80. The number of nitriles is 1. The molecule has 1 fully saturated rings. The topological polar surface area (TPSA) is 78.0 Å². The lowest BCUT2D eigenvalue weighted by Crippen LogP contribution is -2.35. The summed E-state index contributed by atoms with van der Waals surface area (Å²) in [5, 5.41) is 10.8. The van der Waals surface area contributed by atoms with Crippen LogP contribution < -0.4 is 11.2 Å². The third kappa shape index (κ3) is 2.41. The Labute approximate surface area is 94.8 Å². The molecule has 3 N–H and O–H groups in total. The number of rotatable bonds is 2. The Morgan fingerprint density at radius 2 is 2.12 bits per heavy atom. The van der Waals surface area contributed by atoms with Crippen molar-refractivity contribution in [1.29, 1.82) is 5.26 Å². The second-order valence-corrected chi connectivity index (χ2v) is 3.93. The van der Waals surface area contributed by atoms with E-state index < -0.39 is 0 Å². The molecular weight excluding hydrogens is 202 g/mol. The molecule has 16 heavy (non-hydrogen) atoms. The van der Waals surface area contributed by atoms with Gasteiger partial charge in [0.2, 0.25) is 0 Å². The molecule has 1 aromatic rings. The Morgan fingerprint density at radius 3 is 2.75 bits per heavy atom. The molecule has 1 saturated heterocycles.